The van der Waals surface area contributed by atoms with E-state index in [4.69, 9.17) is 0 Å². The molecule has 15 heavy (non-hydrogen) atoms. The molecule has 4 rings (SSSR count). The van der Waals surface area contributed by atoms with Crippen molar-refractivity contribution in [1.29, 1.82) is 0 Å². The molecule has 0 spiro atoms. The number of hydrogen-bond donors (Lipinski definition) is 1. The SMILES string of the molecule is CC(C)C1C2CC3CC(C2)CC1(CO)C3. The van der Waals surface area contributed by atoms with Gasteiger partial charge in [-0.05, 0) is 67.1 Å². The van der Waals surface area contributed by atoms with Crippen LogP contribution in [0.15, 0.2) is 0 Å². The lowest BCUT2D eigenvalue weighted by molar-refractivity contribution is -0.147. The third-order valence-corrected chi connectivity index (χ3v) is 5.58. The smallest absolute Gasteiger partial charge is 0.0490 e. The molecule has 3 atom stereocenters. The van der Waals surface area contributed by atoms with E-state index < -0.39 is 0 Å². The largest absolute Gasteiger partial charge is 0.396 e. The van der Waals surface area contributed by atoms with Gasteiger partial charge in [0.2, 0.25) is 0 Å². The molecular formula is C14H24O. The molecule has 0 saturated heterocycles. The van der Waals surface area contributed by atoms with E-state index in [1.807, 2.05) is 0 Å². The minimum Gasteiger partial charge on any atom is -0.396 e. The molecule has 4 aliphatic carbocycles. The summed E-state index contributed by atoms with van der Waals surface area (Å²) in [6.45, 7) is 5.19. The van der Waals surface area contributed by atoms with Gasteiger partial charge in [0.15, 0.2) is 0 Å². The van der Waals surface area contributed by atoms with Crippen LogP contribution in [0.25, 0.3) is 0 Å². The summed E-state index contributed by atoms with van der Waals surface area (Å²) in [6.07, 6.45) is 7.09. The fraction of sp³-hybridized carbons (Fsp3) is 1.00. The van der Waals surface area contributed by atoms with Crippen LogP contribution in [0.1, 0.15) is 46.0 Å². The molecule has 0 aliphatic heterocycles. The molecule has 4 saturated carbocycles. The minimum absolute atomic E-state index is 0.336. The van der Waals surface area contributed by atoms with Gasteiger partial charge in [0.05, 0.1) is 0 Å². The summed E-state index contributed by atoms with van der Waals surface area (Å²) in [6, 6.07) is 0. The molecule has 1 N–H and O–H groups in total. The Morgan fingerprint density at radius 3 is 2.20 bits per heavy atom. The maximum absolute atomic E-state index is 9.85. The van der Waals surface area contributed by atoms with E-state index in [-0.39, 0.29) is 0 Å². The van der Waals surface area contributed by atoms with Crippen molar-refractivity contribution in [3.8, 4) is 0 Å². The summed E-state index contributed by atoms with van der Waals surface area (Å²) < 4.78 is 0. The summed E-state index contributed by atoms with van der Waals surface area (Å²) in [5, 5.41) is 9.85. The molecule has 1 nitrogen and oxygen atoms in total. The average Bonchev–Trinajstić information content (AvgIpc) is 2.15. The molecule has 0 heterocycles. The number of hydrogen-bond acceptors (Lipinski definition) is 1. The van der Waals surface area contributed by atoms with Crippen LogP contribution in [0.2, 0.25) is 0 Å². The fourth-order valence-corrected chi connectivity index (χ4v) is 5.73. The van der Waals surface area contributed by atoms with E-state index in [1.54, 1.807) is 0 Å². The van der Waals surface area contributed by atoms with Crippen LogP contribution in [0, 0.1) is 35.0 Å². The van der Waals surface area contributed by atoms with Gasteiger partial charge in [0.25, 0.3) is 0 Å². The van der Waals surface area contributed by atoms with Gasteiger partial charge in [-0.25, -0.2) is 0 Å². The van der Waals surface area contributed by atoms with Crippen LogP contribution in [0.3, 0.4) is 0 Å². The van der Waals surface area contributed by atoms with Crippen LogP contribution in [0.4, 0.5) is 0 Å². The molecule has 4 aliphatic rings. The predicted molar refractivity (Wildman–Crippen MR) is 61.4 cm³/mol. The summed E-state index contributed by atoms with van der Waals surface area (Å²) in [4.78, 5) is 0. The molecular weight excluding hydrogens is 184 g/mol. The molecule has 3 unspecified atom stereocenters. The lowest BCUT2D eigenvalue weighted by Crippen LogP contribution is -2.55. The van der Waals surface area contributed by atoms with E-state index >= 15 is 0 Å². The standard InChI is InChI=1S/C14H24O/c1-9(2)13-12-4-10-3-11(5-12)7-14(13,6-10)8-15/h9-13,15H,3-8H2,1-2H3. The monoisotopic (exact) mass is 208 g/mol. The predicted octanol–water partition coefficient (Wildman–Crippen LogP) is 3.08. The van der Waals surface area contributed by atoms with Gasteiger partial charge in [0, 0.05) is 6.61 Å². The van der Waals surface area contributed by atoms with E-state index in [9.17, 15) is 5.11 Å². The van der Waals surface area contributed by atoms with Crippen molar-refractivity contribution in [2.24, 2.45) is 35.0 Å². The van der Waals surface area contributed by atoms with Crippen molar-refractivity contribution in [2.75, 3.05) is 6.61 Å². The van der Waals surface area contributed by atoms with Crippen LogP contribution in [-0.4, -0.2) is 11.7 Å². The Kier molecular flexibility index (Phi) is 2.18. The van der Waals surface area contributed by atoms with Gasteiger partial charge in [-0.15, -0.1) is 0 Å². The second-order valence-electron chi connectivity index (χ2n) is 6.90. The van der Waals surface area contributed by atoms with Crippen molar-refractivity contribution < 1.29 is 5.11 Å². The van der Waals surface area contributed by atoms with Crippen molar-refractivity contribution in [2.45, 2.75) is 46.0 Å². The highest BCUT2D eigenvalue weighted by atomic mass is 16.3. The molecule has 0 amide bonds. The van der Waals surface area contributed by atoms with Crippen LogP contribution in [0.5, 0.6) is 0 Å². The number of rotatable bonds is 2. The zero-order valence-corrected chi connectivity index (χ0v) is 10.1. The molecule has 0 radical (unpaired) electrons. The van der Waals surface area contributed by atoms with E-state index in [0.29, 0.717) is 12.0 Å². The first kappa shape index (κ1) is 10.1. The molecule has 0 aromatic carbocycles. The summed E-state index contributed by atoms with van der Waals surface area (Å²) in [5.41, 5.74) is 0.336. The minimum atomic E-state index is 0.336. The molecule has 0 aromatic rings. The first-order valence-corrected chi connectivity index (χ1v) is 6.75. The zero-order chi connectivity index (χ0) is 10.6. The Balaban J connectivity index is 1.95. The van der Waals surface area contributed by atoms with Gasteiger partial charge in [-0.3, -0.25) is 0 Å². The number of aliphatic hydroxyl groups excluding tert-OH is 1. The van der Waals surface area contributed by atoms with Gasteiger partial charge < -0.3 is 5.11 Å². The third-order valence-electron chi connectivity index (χ3n) is 5.58. The molecule has 1 heteroatoms. The van der Waals surface area contributed by atoms with E-state index in [1.165, 1.54) is 32.1 Å². The third kappa shape index (κ3) is 1.32. The van der Waals surface area contributed by atoms with E-state index in [0.717, 1.165) is 29.6 Å². The molecule has 0 aromatic heterocycles. The second kappa shape index (κ2) is 3.23. The van der Waals surface area contributed by atoms with Gasteiger partial charge >= 0.3 is 0 Å². The van der Waals surface area contributed by atoms with Gasteiger partial charge in [-0.2, -0.15) is 0 Å². The highest BCUT2D eigenvalue weighted by Gasteiger charge is 2.57. The van der Waals surface area contributed by atoms with Crippen LogP contribution < -0.4 is 0 Å². The van der Waals surface area contributed by atoms with Crippen LogP contribution >= 0.6 is 0 Å². The summed E-state index contributed by atoms with van der Waals surface area (Å²) in [5.74, 6) is 4.45. The van der Waals surface area contributed by atoms with E-state index in [2.05, 4.69) is 13.8 Å². The topological polar surface area (TPSA) is 20.2 Å². The Morgan fingerprint density at radius 2 is 1.73 bits per heavy atom. The van der Waals surface area contributed by atoms with Crippen molar-refractivity contribution in [3.63, 3.8) is 0 Å². The first-order chi connectivity index (χ1) is 7.14. The van der Waals surface area contributed by atoms with Crippen molar-refractivity contribution in [3.05, 3.63) is 0 Å². The average molecular weight is 208 g/mol. The summed E-state index contributed by atoms with van der Waals surface area (Å²) in [7, 11) is 0. The normalized spacial score (nSPS) is 52.8. The maximum Gasteiger partial charge on any atom is 0.0490 e. The van der Waals surface area contributed by atoms with Crippen LogP contribution in [-0.2, 0) is 0 Å². The Morgan fingerprint density at radius 1 is 1.13 bits per heavy atom. The highest BCUT2D eigenvalue weighted by molar-refractivity contribution is 5.06. The lowest BCUT2D eigenvalue weighted by Gasteiger charge is -2.62. The molecule has 4 bridgehead atoms. The van der Waals surface area contributed by atoms with Gasteiger partial charge in [-0.1, -0.05) is 13.8 Å². The first-order valence-electron chi connectivity index (χ1n) is 6.75. The quantitative estimate of drug-likeness (QED) is 0.739. The maximum atomic E-state index is 9.85. The lowest BCUT2D eigenvalue weighted by atomic mass is 9.43. The van der Waals surface area contributed by atoms with Gasteiger partial charge in [0.1, 0.15) is 0 Å². The second-order valence-corrected chi connectivity index (χ2v) is 6.90. The highest BCUT2D eigenvalue weighted by Crippen LogP contribution is 2.64. The molecule has 86 valence electrons. The fourth-order valence-electron chi connectivity index (χ4n) is 5.73. The molecule has 4 fully saturated rings. The number of aliphatic hydroxyl groups is 1. The Hall–Kier alpha value is -0.0400. The van der Waals surface area contributed by atoms with Crippen molar-refractivity contribution in [1.82, 2.24) is 0 Å². The Bertz CT molecular complexity index is 244. The van der Waals surface area contributed by atoms with Crippen molar-refractivity contribution >= 4 is 0 Å². The summed E-state index contributed by atoms with van der Waals surface area (Å²) >= 11 is 0. The zero-order valence-electron chi connectivity index (χ0n) is 10.1. The Labute approximate surface area is 93.3 Å².